The number of nitrogen functional groups attached to an aromatic ring is 1. The number of nitrogens with two attached hydrogens (primary N) is 1. The Kier molecular flexibility index (Phi) is 5.21. The molecule has 1 aromatic rings. The SMILES string of the molecule is CCCc1nc(N)cc(N(CC(C)C)C2CCCC2)n1. The molecule has 1 aliphatic rings. The summed E-state index contributed by atoms with van der Waals surface area (Å²) < 4.78 is 0. The van der Waals surface area contributed by atoms with Crippen molar-refractivity contribution in [1.82, 2.24) is 9.97 Å². The van der Waals surface area contributed by atoms with Crippen molar-refractivity contribution >= 4 is 11.6 Å². The predicted molar refractivity (Wildman–Crippen MR) is 84.9 cm³/mol. The molecule has 2 N–H and O–H groups in total. The molecule has 2 rings (SSSR count). The standard InChI is InChI=1S/C16H28N4/c1-4-7-15-18-14(17)10-16(19-15)20(11-12(2)3)13-8-5-6-9-13/h10,12-13H,4-9,11H2,1-3H3,(H2,17,18,19). The fraction of sp³-hybridized carbons (Fsp3) is 0.750. The highest BCUT2D eigenvalue weighted by Crippen LogP contribution is 2.28. The normalized spacial score (nSPS) is 16.0. The Morgan fingerprint density at radius 3 is 2.60 bits per heavy atom. The number of aryl methyl sites for hydroxylation is 1. The fourth-order valence-corrected chi connectivity index (χ4v) is 3.02. The monoisotopic (exact) mass is 276 g/mol. The molecular weight excluding hydrogens is 248 g/mol. The molecule has 20 heavy (non-hydrogen) atoms. The zero-order chi connectivity index (χ0) is 14.5. The lowest BCUT2D eigenvalue weighted by Crippen LogP contribution is -2.37. The van der Waals surface area contributed by atoms with Gasteiger partial charge in [0.15, 0.2) is 0 Å². The molecule has 112 valence electrons. The molecule has 1 aromatic heterocycles. The van der Waals surface area contributed by atoms with Crippen molar-refractivity contribution in [3.8, 4) is 0 Å². The first-order valence-electron chi connectivity index (χ1n) is 8.00. The lowest BCUT2D eigenvalue weighted by atomic mass is 10.1. The van der Waals surface area contributed by atoms with Gasteiger partial charge in [0.1, 0.15) is 17.5 Å². The summed E-state index contributed by atoms with van der Waals surface area (Å²) in [6.45, 7) is 7.72. The number of aromatic nitrogens is 2. The second-order valence-corrected chi connectivity index (χ2v) is 6.30. The van der Waals surface area contributed by atoms with E-state index in [9.17, 15) is 0 Å². The van der Waals surface area contributed by atoms with Gasteiger partial charge in [-0.05, 0) is 25.2 Å². The molecule has 1 saturated carbocycles. The Hall–Kier alpha value is -1.32. The van der Waals surface area contributed by atoms with Crippen LogP contribution in [0.4, 0.5) is 11.6 Å². The number of rotatable bonds is 6. The van der Waals surface area contributed by atoms with Crippen LogP contribution in [0.15, 0.2) is 6.07 Å². The lowest BCUT2D eigenvalue weighted by molar-refractivity contribution is 0.530. The van der Waals surface area contributed by atoms with E-state index in [0.717, 1.165) is 31.0 Å². The van der Waals surface area contributed by atoms with E-state index in [-0.39, 0.29) is 0 Å². The van der Waals surface area contributed by atoms with Crippen molar-refractivity contribution in [3.63, 3.8) is 0 Å². The van der Waals surface area contributed by atoms with E-state index >= 15 is 0 Å². The van der Waals surface area contributed by atoms with Crippen molar-refractivity contribution in [1.29, 1.82) is 0 Å². The van der Waals surface area contributed by atoms with Gasteiger partial charge in [-0.3, -0.25) is 0 Å². The smallest absolute Gasteiger partial charge is 0.134 e. The summed E-state index contributed by atoms with van der Waals surface area (Å²) in [5.74, 6) is 3.14. The molecule has 1 heterocycles. The van der Waals surface area contributed by atoms with E-state index in [1.54, 1.807) is 0 Å². The molecule has 4 heteroatoms. The summed E-state index contributed by atoms with van der Waals surface area (Å²) in [6, 6.07) is 2.57. The molecule has 0 aromatic carbocycles. The van der Waals surface area contributed by atoms with Crippen LogP contribution in [0.3, 0.4) is 0 Å². The zero-order valence-electron chi connectivity index (χ0n) is 13.1. The minimum absolute atomic E-state index is 0.602. The van der Waals surface area contributed by atoms with Gasteiger partial charge in [0.05, 0.1) is 0 Å². The summed E-state index contributed by atoms with van der Waals surface area (Å²) >= 11 is 0. The topological polar surface area (TPSA) is 55.0 Å². The minimum atomic E-state index is 0.602. The Morgan fingerprint density at radius 1 is 1.30 bits per heavy atom. The number of hydrogen-bond acceptors (Lipinski definition) is 4. The molecule has 1 aliphatic carbocycles. The van der Waals surface area contributed by atoms with Gasteiger partial charge < -0.3 is 10.6 Å². The van der Waals surface area contributed by atoms with Crippen LogP contribution in [0, 0.1) is 5.92 Å². The molecular formula is C16H28N4. The van der Waals surface area contributed by atoms with Gasteiger partial charge in [-0.1, -0.05) is 33.6 Å². The van der Waals surface area contributed by atoms with Crippen LogP contribution in [-0.2, 0) is 6.42 Å². The van der Waals surface area contributed by atoms with Crippen LogP contribution in [-0.4, -0.2) is 22.6 Å². The van der Waals surface area contributed by atoms with Gasteiger partial charge in [0.2, 0.25) is 0 Å². The zero-order valence-corrected chi connectivity index (χ0v) is 13.1. The van der Waals surface area contributed by atoms with Crippen LogP contribution in [0.5, 0.6) is 0 Å². The van der Waals surface area contributed by atoms with Crippen molar-refractivity contribution in [2.24, 2.45) is 5.92 Å². The van der Waals surface area contributed by atoms with Gasteiger partial charge in [0.25, 0.3) is 0 Å². The second kappa shape index (κ2) is 6.91. The quantitative estimate of drug-likeness (QED) is 0.865. The van der Waals surface area contributed by atoms with Crippen LogP contribution in [0.25, 0.3) is 0 Å². The summed E-state index contributed by atoms with van der Waals surface area (Å²) in [7, 11) is 0. The Morgan fingerprint density at radius 2 is 2.00 bits per heavy atom. The molecule has 4 nitrogen and oxygen atoms in total. The first kappa shape index (κ1) is 15.1. The van der Waals surface area contributed by atoms with Gasteiger partial charge in [-0.25, -0.2) is 9.97 Å². The average molecular weight is 276 g/mol. The molecule has 0 atom stereocenters. The maximum atomic E-state index is 5.98. The highest BCUT2D eigenvalue weighted by Gasteiger charge is 2.25. The molecule has 0 radical (unpaired) electrons. The Bertz CT molecular complexity index is 424. The summed E-state index contributed by atoms with van der Waals surface area (Å²) in [4.78, 5) is 11.6. The summed E-state index contributed by atoms with van der Waals surface area (Å²) in [5, 5.41) is 0. The molecule has 0 saturated heterocycles. The molecule has 1 fully saturated rings. The second-order valence-electron chi connectivity index (χ2n) is 6.30. The van der Waals surface area contributed by atoms with E-state index in [0.29, 0.717) is 17.8 Å². The highest BCUT2D eigenvalue weighted by molar-refractivity contribution is 5.48. The molecule has 0 amide bonds. The Labute approximate surface area is 122 Å². The van der Waals surface area contributed by atoms with Crippen molar-refractivity contribution in [2.75, 3.05) is 17.2 Å². The Balaban J connectivity index is 2.26. The molecule has 0 spiro atoms. The maximum absolute atomic E-state index is 5.98. The van der Waals surface area contributed by atoms with E-state index < -0.39 is 0 Å². The maximum Gasteiger partial charge on any atom is 0.134 e. The third-order valence-electron chi connectivity index (χ3n) is 3.87. The summed E-state index contributed by atoms with van der Waals surface area (Å²) in [6.07, 6.45) is 7.18. The number of nitrogens with zero attached hydrogens (tertiary/aromatic N) is 3. The molecule has 0 aliphatic heterocycles. The molecule has 0 bridgehead atoms. The van der Waals surface area contributed by atoms with Crippen molar-refractivity contribution in [2.45, 2.75) is 65.3 Å². The van der Waals surface area contributed by atoms with E-state index in [1.165, 1.54) is 25.7 Å². The van der Waals surface area contributed by atoms with Crippen LogP contribution >= 0.6 is 0 Å². The molecule has 0 unspecified atom stereocenters. The lowest BCUT2D eigenvalue weighted by Gasteiger charge is -2.32. The van der Waals surface area contributed by atoms with Crippen molar-refractivity contribution in [3.05, 3.63) is 11.9 Å². The van der Waals surface area contributed by atoms with Crippen LogP contribution < -0.4 is 10.6 Å². The summed E-state index contributed by atoms with van der Waals surface area (Å²) in [5.41, 5.74) is 5.98. The first-order chi connectivity index (χ1) is 9.60. The van der Waals surface area contributed by atoms with Gasteiger partial charge in [0, 0.05) is 25.1 Å². The number of hydrogen-bond donors (Lipinski definition) is 1. The van der Waals surface area contributed by atoms with E-state index in [1.807, 2.05) is 6.07 Å². The predicted octanol–water partition coefficient (Wildman–Crippen LogP) is 3.42. The van der Waals surface area contributed by atoms with Crippen molar-refractivity contribution < 1.29 is 0 Å². The first-order valence-corrected chi connectivity index (χ1v) is 8.00. The van der Waals surface area contributed by atoms with Crippen LogP contribution in [0.1, 0.15) is 58.7 Å². The average Bonchev–Trinajstić information content (AvgIpc) is 2.89. The van der Waals surface area contributed by atoms with Gasteiger partial charge in [-0.15, -0.1) is 0 Å². The van der Waals surface area contributed by atoms with Gasteiger partial charge >= 0.3 is 0 Å². The van der Waals surface area contributed by atoms with Gasteiger partial charge in [-0.2, -0.15) is 0 Å². The third-order valence-corrected chi connectivity index (χ3v) is 3.87. The fourth-order valence-electron chi connectivity index (χ4n) is 3.02. The third kappa shape index (κ3) is 3.84. The van der Waals surface area contributed by atoms with Crippen LogP contribution in [0.2, 0.25) is 0 Å². The number of anilines is 2. The minimum Gasteiger partial charge on any atom is -0.384 e. The van der Waals surface area contributed by atoms with E-state index in [2.05, 4.69) is 30.7 Å². The highest BCUT2D eigenvalue weighted by atomic mass is 15.2. The van der Waals surface area contributed by atoms with E-state index in [4.69, 9.17) is 10.7 Å². The largest absolute Gasteiger partial charge is 0.384 e.